The molecule has 3 rings (SSSR count). The lowest BCUT2D eigenvalue weighted by Crippen LogP contribution is -2.32. The number of halogens is 1. The average molecular weight is 301 g/mol. The third-order valence-corrected chi connectivity index (χ3v) is 4.11. The Morgan fingerprint density at radius 2 is 1.82 bits per heavy atom. The lowest BCUT2D eigenvalue weighted by atomic mass is 10.0. The van der Waals surface area contributed by atoms with E-state index in [0.29, 0.717) is 23.6 Å². The summed E-state index contributed by atoms with van der Waals surface area (Å²) >= 11 is 0. The third kappa shape index (κ3) is 3.07. The molecule has 0 amide bonds. The molecule has 0 saturated heterocycles. The van der Waals surface area contributed by atoms with Crippen LogP contribution in [0.4, 0.5) is 4.39 Å². The Hall–Kier alpha value is -2.07. The van der Waals surface area contributed by atoms with Gasteiger partial charge >= 0.3 is 0 Å². The molecule has 0 bridgehead atoms. The van der Waals surface area contributed by atoms with Crippen LogP contribution in [-0.2, 0) is 6.54 Å². The van der Waals surface area contributed by atoms with Crippen molar-refractivity contribution in [3.63, 3.8) is 0 Å². The topological polar surface area (TPSA) is 21.7 Å². The summed E-state index contributed by atoms with van der Waals surface area (Å²) in [6.07, 6.45) is -1.08. The van der Waals surface area contributed by atoms with Gasteiger partial charge < -0.3 is 9.47 Å². The second-order valence-electron chi connectivity index (χ2n) is 5.66. The van der Waals surface area contributed by atoms with Gasteiger partial charge in [-0.15, -0.1) is 0 Å². The van der Waals surface area contributed by atoms with Gasteiger partial charge in [0.25, 0.3) is 0 Å². The second kappa shape index (κ2) is 6.36. The number of hydrogen-bond donors (Lipinski definition) is 0. The Morgan fingerprint density at radius 3 is 2.59 bits per heavy atom. The summed E-state index contributed by atoms with van der Waals surface area (Å²) in [5, 5.41) is 0. The Morgan fingerprint density at radius 1 is 1.09 bits per heavy atom. The average Bonchev–Trinajstić information content (AvgIpc) is 3.02. The van der Waals surface area contributed by atoms with Crippen molar-refractivity contribution in [1.82, 2.24) is 4.90 Å². The highest BCUT2D eigenvalue weighted by atomic mass is 19.1. The standard InChI is InChI=1S/C18H20FNO2/c1-13(20(2)11-14-6-4-3-5-7-14)18(19)15-8-9-16-17(10-15)22-12-21-16/h3-10,13,18H,11-12H2,1-2H3/t13-,18-/m0/s1. The van der Waals surface area contributed by atoms with E-state index in [9.17, 15) is 4.39 Å². The first-order chi connectivity index (χ1) is 10.6. The molecule has 2 aromatic rings. The van der Waals surface area contributed by atoms with Gasteiger partial charge in [0, 0.05) is 12.6 Å². The van der Waals surface area contributed by atoms with Gasteiger partial charge in [-0.05, 0) is 37.2 Å². The fourth-order valence-corrected chi connectivity index (χ4v) is 2.60. The molecular weight excluding hydrogens is 281 g/mol. The largest absolute Gasteiger partial charge is 0.454 e. The molecule has 0 radical (unpaired) electrons. The van der Waals surface area contributed by atoms with Crippen LogP contribution in [0.3, 0.4) is 0 Å². The van der Waals surface area contributed by atoms with Crippen LogP contribution in [0.1, 0.15) is 24.2 Å². The molecule has 22 heavy (non-hydrogen) atoms. The molecule has 2 atom stereocenters. The number of likely N-dealkylation sites (N-methyl/N-ethyl adjacent to an activating group) is 1. The molecule has 116 valence electrons. The maximum Gasteiger partial charge on any atom is 0.231 e. The first-order valence-electron chi connectivity index (χ1n) is 7.43. The number of benzene rings is 2. The van der Waals surface area contributed by atoms with E-state index < -0.39 is 6.17 Å². The van der Waals surface area contributed by atoms with Gasteiger partial charge in [-0.3, -0.25) is 4.90 Å². The number of hydrogen-bond acceptors (Lipinski definition) is 3. The molecule has 0 spiro atoms. The minimum atomic E-state index is -1.08. The summed E-state index contributed by atoms with van der Waals surface area (Å²) in [6.45, 7) is 2.82. The molecule has 0 saturated carbocycles. The fraction of sp³-hybridized carbons (Fsp3) is 0.333. The molecule has 0 N–H and O–H groups in total. The fourth-order valence-electron chi connectivity index (χ4n) is 2.60. The van der Waals surface area contributed by atoms with Crippen LogP contribution in [-0.4, -0.2) is 24.8 Å². The highest BCUT2D eigenvalue weighted by Gasteiger charge is 2.24. The van der Waals surface area contributed by atoms with Crippen LogP contribution < -0.4 is 9.47 Å². The lowest BCUT2D eigenvalue weighted by Gasteiger charge is -2.28. The zero-order valence-corrected chi connectivity index (χ0v) is 12.8. The van der Waals surface area contributed by atoms with Crippen molar-refractivity contribution in [1.29, 1.82) is 0 Å². The van der Waals surface area contributed by atoms with E-state index in [1.807, 2.05) is 37.1 Å². The van der Waals surface area contributed by atoms with Gasteiger partial charge in [0.15, 0.2) is 11.5 Å². The Balaban J connectivity index is 1.69. The molecule has 4 heteroatoms. The van der Waals surface area contributed by atoms with Crippen LogP contribution in [0.2, 0.25) is 0 Å². The summed E-state index contributed by atoms with van der Waals surface area (Å²) in [6, 6.07) is 15.1. The number of nitrogens with zero attached hydrogens (tertiary/aromatic N) is 1. The van der Waals surface area contributed by atoms with Crippen molar-refractivity contribution in [3.05, 3.63) is 59.7 Å². The first kappa shape index (κ1) is 14.9. The Bertz CT molecular complexity index is 632. The molecule has 3 nitrogen and oxygen atoms in total. The number of rotatable bonds is 5. The van der Waals surface area contributed by atoms with Gasteiger partial charge in [0.05, 0.1) is 0 Å². The van der Waals surface area contributed by atoms with Gasteiger partial charge in [0.1, 0.15) is 6.17 Å². The number of ether oxygens (including phenoxy) is 2. The molecule has 0 aliphatic carbocycles. The van der Waals surface area contributed by atoms with E-state index in [0.717, 1.165) is 0 Å². The van der Waals surface area contributed by atoms with Gasteiger partial charge in [-0.1, -0.05) is 36.4 Å². The molecule has 0 fully saturated rings. The van der Waals surface area contributed by atoms with Crippen molar-refractivity contribution in [2.24, 2.45) is 0 Å². The summed E-state index contributed by atoms with van der Waals surface area (Å²) in [5.41, 5.74) is 1.80. The van der Waals surface area contributed by atoms with Crippen molar-refractivity contribution >= 4 is 0 Å². The lowest BCUT2D eigenvalue weighted by molar-refractivity contribution is 0.142. The minimum absolute atomic E-state index is 0.208. The molecule has 0 aromatic heterocycles. The number of alkyl halides is 1. The van der Waals surface area contributed by atoms with E-state index in [1.54, 1.807) is 18.2 Å². The van der Waals surface area contributed by atoms with Crippen molar-refractivity contribution in [2.45, 2.75) is 25.7 Å². The highest BCUT2D eigenvalue weighted by Crippen LogP contribution is 2.36. The molecule has 1 aliphatic heterocycles. The predicted octanol–water partition coefficient (Wildman–Crippen LogP) is 3.95. The number of fused-ring (bicyclic) bond motifs is 1. The zero-order chi connectivity index (χ0) is 15.5. The first-order valence-corrected chi connectivity index (χ1v) is 7.43. The molecule has 0 unspecified atom stereocenters. The highest BCUT2D eigenvalue weighted by molar-refractivity contribution is 5.45. The predicted molar refractivity (Wildman–Crippen MR) is 83.8 cm³/mol. The Labute approximate surface area is 130 Å². The van der Waals surface area contributed by atoms with Crippen molar-refractivity contribution in [2.75, 3.05) is 13.8 Å². The minimum Gasteiger partial charge on any atom is -0.454 e. The van der Waals surface area contributed by atoms with E-state index in [1.165, 1.54) is 5.56 Å². The van der Waals surface area contributed by atoms with E-state index >= 15 is 0 Å². The van der Waals surface area contributed by atoms with Crippen LogP contribution in [0.5, 0.6) is 11.5 Å². The van der Waals surface area contributed by atoms with Gasteiger partial charge in [0.2, 0.25) is 6.79 Å². The monoisotopic (exact) mass is 301 g/mol. The van der Waals surface area contributed by atoms with Crippen LogP contribution in [0.25, 0.3) is 0 Å². The second-order valence-corrected chi connectivity index (χ2v) is 5.66. The molecule has 1 heterocycles. The van der Waals surface area contributed by atoms with Crippen LogP contribution >= 0.6 is 0 Å². The molecule has 1 aliphatic rings. The van der Waals surface area contributed by atoms with Crippen molar-refractivity contribution < 1.29 is 13.9 Å². The van der Waals surface area contributed by atoms with Gasteiger partial charge in [-0.2, -0.15) is 0 Å². The summed E-state index contributed by atoms with van der Waals surface area (Å²) in [5.74, 6) is 1.30. The normalized spacial score (nSPS) is 15.8. The summed E-state index contributed by atoms with van der Waals surface area (Å²) in [7, 11) is 1.94. The van der Waals surface area contributed by atoms with E-state index in [2.05, 4.69) is 12.1 Å². The molecule has 2 aromatic carbocycles. The Kier molecular flexibility index (Phi) is 4.29. The zero-order valence-electron chi connectivity index (χ0n) is 12.8. The summed E-state index contributed by atoms with van der Waals surface area (Å²) < 4.78 is 25.4. The van der Waals surface area contributed by atoms with E-state index in [4.69, 9.17) is 9.47 Å². The quantitative estimate of drug-likeness (QED) is 0.835. The SMILES string of the molecule is C[C@@H]([C@H](F)c1ccc2c(c1)OCO2)N(C)Cc1ccccc1. The van der Waals surface area contributed by atoms with Crippen LogP contribution in [0.15, 0.2) is 48.5 Å². The summed E-state index contributed by atoms with van der Waals surface area (Å²) in [4.78, 5) is 2.02. The van der Waals surface area contributed by atoms with Crippen LogP contribution in [0, 0.1) is 0 Å². The maximum absolute atomic E-state index is 14.8. The smallest absolute Gasteiger partial charge is 0.231 e. The third-order valence-electron chi connectivity index (χ3n) is 4.11. The van der Waals surface area contributed by atoms with Gasteiger partial charge in [-0.25, -0.2) is 4.39 Å². The van der Waals surface area contributed by atoms with E-state index in [-0.39, 0.29) is 12.8 Å². The molecular formula is C18H20FNO2. The van der Waals surface area contributed by atoms with Crippen molar-refractivity contribution in [3.8, 4) is 11.5 Å². The maximum atomic E-state index is 14.8.